The Morgan fingerprint density at radius 1 is 1.14 bits per heavy atom. The number of ether oxygens (including phenoxy) is 2. The van der Waals surface area contributed by atoms with E-state index >= 15 is 0 Å². The number of pyridine rings is 1. The molecule has 0 radical (unpaired) electrons. The number of aliphatic hydroxyl groups is 2. The third-order valence-corrected chi connectivity index (χ3v) is 5.11. The summed E-state index contributed by atoms with van der Waals surface area (Å²) in [6.07, 6.45) is -0.103. The van der Waals surface area contributed by atoms with Crippen LogP contribution in [0, 0.1) is 19.8 Å². The number of benzene rings is 1. The SMILES string of the molecule is COc1cc(-c2noc(-c3cc(C)nc(CC(C)C)c3)n2)cc(C)c1OCC(O)CNC(=O)CO. The van der Waals surface area contributed by atoms with Crippen LogP contribution in [0.3, 0.4) is 0 Å². The van der Waals surface area contributed by atoms with Crippen molar-refractivity contribution >= 4 is 5.91 Å². The normalized spacial score (nSPS) is 12.0. The lowest BCUT2D eigenvalue weighted by molar-refractivity contribution is -0.124. The van der Waals surface area contributed by atoms with Gasteiger partial charge in [0.05, 0.1) is 7.11 Å². The van der Waals surface area contributed by atoms with Crippen LogP contribution in [0.25, 0.3) is 22.8 Å². The minimum atomic E-state index is -0.960. The van der Waals surface area contributed by atoms with Crippen LogP contribution >= 0.6 is 0 Å². The maximum absolute atomic E-state index is 11.1. The average molecular weight is 485 g/mol. The molecule has 0 spiro atoms. The summed E-state index contributed by atoms with van der Waals surface area (Å²) in [5.41, 5.74) is 4.11. The van der Waals surface area contributed by atoms with Crippen LogP contribution in [0.2, 0.25) is 0 Å². The minimum absolute atomic E-state index is 0.0438. The zero-order valence-corrected chi connectivity index (χ0v) is 20.7. The molecule has 3 N–H and O–H groups in total. The van der Waals surface area contributed by atoms with Crippen LogP contribution in [0.4, 0.5) is 0 Å². The summed E-state index contributed by atoms with van der Waals surface area (Å²) in [6.45, 7) is 7.31. The van der Waals surface area contributed by atoms with E-state index in [9.17, 15) is 9.90 Å². The van der Waals surface area contributed by atoms with Crippen molar-refractivity contribution in [1.82, 2.24) is 20.4 Å². The smallest absolute Gasteiger partial charge is 0.258 e. The lowest BCUT2D eigenvalue weighted by Gasteiger charge is -2.17. The fourth-order valence-corrected chi connectivity index (χ4v) is 3.57. The molecule has 35 heavy (non-hydrogen) atoms. The minimum Gasteiger partial charge on any atom is -0.493 e. The van der Waals surface area contributed by atoms with Gasteiger partial charge < -0.3 is 29.5 Å². The van der Waals surface area contributed by atoms with Gasteiger partial charge in [0.25, 0.3) is 5.89 Å². The highest BCUT2D eigenvalue weighted by Crippen LogP contribution is 2.36. The fourth-order valence-electron chi connectivity index (χ4n) is 3.57. The van der Waals surface area contributed by atoms with E-state index in [1.165, 1.54) is 7.11 Å². The van der Waals surface area contributed by atoms with E-state index in [-0.39, 0.29) is 13.2 Å². The number of amides is 1. The summed E-state index contributed by atoms with van der Waals surface area (Å²) >= 11 is 0. The van der Waals surface area contributed by atoms with Gasteiger partial charge >= 0.3 is 0 Å². The van der Waals surface area contributed by atoms with E-state index in [0.717, 1.165) is 28.9 Å². The van der Waals surface area contributed by atoms with Crippen molar-refractivity contribution in [1.29, 1.82) is 0 Å². The predicted molar refractivity (Wildman–Crippen MR) is 129 cm³/mol. The molecule has 0 aliphatic carbocycles. The highest BCUT2D eigenvalue weighted by molar-refractivity contribution is 5.76. The van der Waals surface area contributed by atoms with E-state index in [4.69, 9.17) is 19.1 Å². The van der Waals surface area contributed by atoms with Crippen molar-refractivity contribution in [3.63, 3.8) is 0 Å². The van der Waals surface area contributed by atoms with Gasteiger partial charge in [0.1, 0.15) is 19.3 Å². The molecule has 0 aliphatic heterocycles. The molecule has 3 aromatic rings. The van der Waals surface area contributed by atoms with Gasteiger partial charge in [-0.1, -0.05) is 19.0 Å². The Kier molecular flexibility index (Phi) is 8.78. The summed E-state index contributed by atoms with van der Waals surface area (Å²) in [4.78, 5) is 20.3. The highest BCUT2D eigenvalue weighted by Gasteiger charge is 2.18. The van der Waals surface area contributed by atoms with Crippen LogP contribution in [0.15, 0.2) is 28.8 Å². The number of hydrogen-bond acceptors (Lipinski definition) is 9. The summed E-state index contributed by atoms with van der Waals surface area (Å²) in [5, 5.41) is 25.3. The van der Waals surface area contributed by atoms with Gasteiger partial charge in [-0.25, -0.2) is 0 Å². The molecule has 1 aromatic carbocycles. The number of aliphatic hydroxyl groups excluding tert-OH is 2. The van der Waals surface area contributed by atoms with Crippen LogP contribution < -0.4 is 14.8 Å². The molecule has 0 saturated carbocycles. The van der Waals surface area contributed by atoms with Crippen molar-refractivity contribution in [2.24, 2.45) is 5.92 Å². The Morgan fingerprint density at radius 2 is 1.91 bits per heavy atom. The Morgan fingerprint density at radius 3 is 2.60 bits per heavy atom. The third-order valence-electron chi connectivity index (χ3n) is 5.11. The number of carbonyl (C=O) groups is 1. The van der Waals surface area contributed by atoms with Crippen LogP contribution in [-0.4, -0.2) is 64.2 Å². The standard InChI is InChI=1S/C25H32N4O6/c1-14(2)6-19-9-18(8-16(4)27-19)25-28-24(29-35-25)17-7-15(3)23(21(10-17)33-5)34-13-20(31)11-26-22(32)12-30/h7-10,14,20,30-31H,6,11-13H2,1-5H3,(H,26,32). The number of carbonyl (C=O) groups excluding carboxylic acids is 1. The quantitative estimate of drug-likeness (QED) is 0.374. The third kappa shape index (κ3) is 7.00. The van der Waals surface area contributed by atoms with Gasteiger partial charge in [-0.2, -0.15) is 4.98 Å². The van der Waals surface area contributed by atoms with Crippen molar-refractivity contribution in [2.45, 2.75) is 40.2 Å². The first kappa shape index (κ1) is 26.1. The first-order valence-electron chi connectivity index (χ1n) is 11.4. The largest absolute Gasteiger partial charge is 0.493 e. The Labute approximate surface area is 204 Å². The number of hydrogen-bond donors (Lipinski definition) is 3. The first-order chi connectivity index (χ1) is 16.7. The van der Waals surface area contributed by atoms with Crippen molar-refractivity contribution in [3.05, 3.63) is 41.2 Å². The van der Waals surface area contributed by atoms with Gasteiger partial charge in [0, 0.05) is 29.1 Å². The van der Waals surface area contributed by atoms with E-state index in [1.54, 1.807) is 6.07 Å². The molecule has 0 saturated heterocycles. The van der Waals surface area contributed by atoms with Gasteiger partial charge in [0.2, 0.25) is 11.7 Å². The number of aromatic nitrogens is 3. The van der Waals surface area contributed by atoms with E-state index in [2.05, 4.69) is 34.3 Å². The van der Waals surface area contributed by atoms with E-state index in [1.807, 2.05) is 32.0 Å². The van der Waals surface area contributed by atoms with Crippen molar-refractivity contribution < 1.29 is 29.0 Å². The number of methoxy groups -OCH3 is 1. The molecule has 2 aromatic heterocycles. The van der Waals surface area contributed by atoms with Gasteiger partial charge in [-0.3, -0.25) is 9.78 Å². The number of nitrogens with zero attached hydrogens (tertiary/aromatic N) is 3. The molecule has 0 bridgehead atoms. The van der Waals surface area contributed by atoms with Crippen LogP contribution in [0.1, 0.15) is 30.8 Å². The molecule has 2 heterocycles. The molecule has 10 heteroatoms. The molecule has 0 aliphatic rings. The number of aryl methyl sites for hydroxylation is 2. The van der Waals surface area contributed by atoms with E-state index in [0.29, 0.717) is 34.7 Å². The molecule has 1 amide bonds. The van der Waals surface area contributed by atoms with Gasteiger partial charge in [-0.15, -0.1) is 0 Å². The average Bonchev–Trinajstić information content (AvgIpc) is 3.31. The number of rotatable bonds is 11. The van der Waals surface area contributed by atoms with Crippen molar-refractivity contribution in [2.75, 3.05) is 26.9 Å². The molecule has 188 valence electrons. The summed E-state index contributed by atoms with van der Waals surface area (Å²) in [7, 11) is 1.51. The molecule has 1 unspecified atom stereocenters. The Bertz CT molecular complexity index is 1160. The molecule has 3 rings (SSSR count). The second kappa shape index (κ2) is 11.8. The summed E-state index contributed by atoms with van der Waals surface area (Å²) in [6, 6.07) is 7.47. The molecule has 0 fully saturated rings. The monoisotopic (exact) mass is 484 g/mol. The fraction of sp³-hybridized carbons (Fsp3) is 0.440. The van der Waals surface area contributed by atoms with Gasteiger partial charge in [0.15, 0.2) is 11.5 Å². The van der Waals surface area contributed by atoms with Gasteiger partial charge in [-0.05, 0) is 56.0 Å². The maximum atomic E-state index is 11.1. The summed E-state index contributed by atoms with van der Waals surface area (Å²) in [5.74, 6) is 1.61. The first-order valence-corrected chi connectivity index (χ1v) is 11.4. The van der Waals surface area contributed by atoms with Crippen LogP contribution in [-0.2, 0) is 11.2 Å². The molecular formula is C25H32N4O6. The maximum Gasteiger partial charge on any atom is 0.258 e. The molecule has 1 atom stereocenters. The predicted octanol–water partition coefficient (Wildman–Crippen LogP) is 2.47. The van der Waals surface area contributed by atoms with Crippen molar-refractivity contribution in [3.8, 4) is 34.3 Å². The van der Waals surface area contributed by atoms with Crippen LogP contribution in [0.5, 0.6) is 11.5 Å². The lowest BCUT2D eigenvalue weighted by Crippen LogP contribution is -2.36. The molecular weight excluding hydrogens is 452 g/mol. The lowest BCUT2D eigenvalue weighted by atomic mass is 10.1. The highest BCUT2D eigenvalue weighted by atomic mass is 16.5. The second-order valence-electron chi connectivity index (χ2n) is 8.76. The Hall–Kier alpha value is -3.50. The summed E-state index contributed by atoms with van der Waals surface area (Å²) < 4.78 is 16.8. The second-order valence-corrected chi connectivity index (χ2v) is 8.76. The number of nitrogens with one attached hydrogen (secondary N) is 1. The molecule has 10 nitrogen and oxygen atoms in total. The van der Waals surface area contributed by atoms with E-state index < -0.39 is 18.6 Å². The topological polar surface area (TPSA) is 140 Å². The zero-order chi connectivity index (χ0) is 25.5. The Balaban J connectivity index is 1.79. The zero-order valence-electron chi connectivity index (χ0n) is 20.7.